The molecule has 14 heteroatoms. The minimum Gasteiger partial charge on any atom is -0.481 e. The highest BCUT2D eigenvalue weighted by molar-refractivity contribution is 7.98. The summed E-state index contributed by atoms with van der Waals surface area (Å²) in [4.78, 5) is 71.1. The molecule has 0 aliphatic carbocycles. The third-order valence-electron chi connectivity index (χ3n) is 4.65. The summed E-state index contributed by atoms with van der Waals surface area (Å²) < 4.78 is 0. The van der Waals surface area contributed by atoms with E-state index in [0.717, 1.165) is 6.42 Å². The van der Waals surface area contributed by atoms with E-state index in [9.17, 15) is 28.8 Å². The number of rotatable bonds is 14. The first-order chi connectivity index (χ1) is 15.0. The van der Waals surface area contributed by atoms with Gasteiger partial charge in [-0.2, -0.15) is 11.8 Å². The topological polar surface area (TPSA) is 217 Å². The monoisotopic (exact) mass is 475 g/mol. The molecular formula is C18H29N5O8S. The minimum atomic E-state index is -1.59. The number of carboxylic acids is 2. The van der Waals surface area contributed by atoms with Crippen molar-refractivity contribution in [1.82, 2.24) is 21.3 Å². The fourth-order valence-electron chi connectivity index (χ4n) is 3.01. The zero-order valence-corrected chi connectivity index (χ0v) is 18.4. The Kier molecular flexibility index (Phi) is 11.5. The van der Waals surface area contributed by atoms with Gasteiger partial charge in [0, 0.05) is 0 Å². The molecule has 1 saturated heterocycles. The molecule has 4 unspecified atom stereocenters. The molecule has 4 amide bonds. The van der Waals surface area contributed by atoms with E-state index >= 15 is 0 Å². The van der Waals surface area contributed by atoms with Crippen LogP contribution in [0.1, 0.15) is 32.1 Å². The van der Waals surface area contributed by atoms with Gasteiger partial charge in [-0.3, -0.25) is 24.0 Å². The van der Waals surface area contributed by atoms with Gasteiger partial charge in [0.05, 0.1) is 18.9 Å². The Morgan fingerprint density at radius 2 is 1.62 bits per heavy atom. The van der Waals surface area contributed by atoms with E-state index in [0.29, 0.717) is 18.7 Å². The Labute approximate surface area is 188 Å². The highest BCUT2D eigenvalue weighted by atomic mass is 32.2. The molecule has 0 aromatic rings. The fraction of sp³-hybridized carbons (Fsp3) is 0.667. The van der Waals surface area contributed by atoms with Gasteiger partial charge < -0.3 is 37.2 Å². The molecule has 1 heterocycles. The average molecular weight is 476 g/mol. The molecule has 180 valence electrons. The van der Waals surface area contributed by atoms with Crippen molar-refractivity contribution in [1.29, 1.82) is 0 Å². The van der Waals surface area contributed by atoms with Crippen LogP contribution in [0.2, 0.25) is 0 Å². The molecule has 0 bridgehead atoms. The van der Waals surface area contributed by atoms with Gasteiger partial charge >= 0.3 is 11.9 Å². The number of carbonyl (C=O) groups is 6. The first kappa shape index (κ1) is 27.2. The third kappa shape index (κ3) is 9.51. The molecule has 1 aliphatic heterocycles. The van der Waals surface area contributed by atoms with Gasteiger partial charge in [0.2, 0.25) is 23.6 Å². The molecule has 4 atom stereocenters. The molecule has 1 aliphatic rings. The maximum atomic E-state index is 12.7. The lowest BCUT2D eigenvalue weighted by Gasteiger charge is -2.24. The van der Waals surface area contributed by atoms with Crippen LogP contribution in [-0.2, 0) is 28.8 Å². The zero-order valence-electron chi connectivity index (χ0n) is 17.6. The van der Waals surface area contributed by atoms with Crippen molar-refractivity contribution in [2.75, 3.05) is 18.6 Å². The summed E-state index contributed by atoms with van der Waals surface area (Å²) in [5.41, 5.74) is 5.00. The number of primary amides is 1. The van der Waals surface area contributed by atoms with Gasteiger partial charge in [-0.05, 0) is 37.8 Å². The Morgan fingerprint density at radius 1 is 1.00 bits per heavy atom. The molecular weight excluding hydrogens is 446 g/mol. The summed E-state index contributed by atoms with van der Waals surface area (Å²) in [7, 11) is 0. The second-order valence-corrected chi connectivity index (χ2v) is 8.21. The van der Waals surface area contributed by atoms with Crippen LogP contribution >= 0.6 is 11.8 Å². The Balaban J connectivity index is 2.91. The standard InChI is InChI=1S/C18H29N5O8S/c1-32-6-4-10(16(28)23-12(18(30)31)7-13(19)24)21-17(29)11(8-14(25)26)22-15(27)9-3-2-5-20-9/h9-12,20H,2-8H2,1H3,(H2,19,24)(H,21,29)(H,22,27)(H,23,28)(H,25,26)(H,30,31). The summed E-state index contributed by atoms with van der Waals surface area (Å²) in [6, 6.07) is -4.79. The van der Waals surface area contributed by atoms with E-state index < -0.39 is 72.6 Å². The molecule has 0 radical (unpaired) electrons. The number of carbonyl (C=O) groups excluding carboxylic acids is 4. The quantitative estimate of drug-likeness (QED) is 0.139. The van der Waals surface area contributed by atoms with E-state index in [1.807, 2.05) is 0 Å². The van der Waals surface area contributed by atoms with Crippen LogP contribution in [0.3, 0.4) is 0 Å². The number of aliphatic carboxylic acids is 2. The zero-order chi connectivity index (χ0) is 24.3. The van der Waals surface area contributed by atoms with Gasteiger partial charge in [0.15, 0.2) is 0 Å². The Bertz CT molecular complexity index is 728. The Hall–Kier alpha value is -2.87. The van der Waals surface area contributed by atoms with E-state index in [2.05, 4.69) is 21.3 Å². The number of hydrogen-bond acceptors (Lipinski definition) is 8. The molecule has 1 rings (SSSR count). The lowest BCUT2D eigenvalue weighted by Crippen LogP contribution is -2.57. The van der Waals surface area contributed by atoms with E-state index in [1.54, 1.807) is 6.26 Å². The smallest absolute Gasteiger partial charge is 0.326 e. The predicted octanol–water partition coefficient (Wildman–Crippen LogP) is -2.62. The first-order valence-corrected chi connectivity index (χ1v) is 11.3. The summed E-state index contributed by atoms with van der Waals surface area (Å²) in [5.74, 6) is -5.64. The van der Waals surface area contributed by atoms with Crippen LogP contribution in [0, 0.1) is 0 Å². The lowest BCUT2D eigenvalue weighted by molar-refractivity contribution is -0.144. The maximum absolute atomic E-state index is 12.7. The summed E-state index contributed by atoms with van der Waals surface area (Å²) in [6.45, 7) is 0.626. The first-order valence-electron chi connectivity index (χ1n) is 9.91. The van der Waals surface area contributed by atoms with Gasteiger partial charge in [0.1, 0.15) is 18.1 Å². The van der Waals surface area contributed by atoms with Crippen LogP contribution in [-0.4, -0.2) is 88.5 Å². The average Bonchev–Trinajstić information content (AvgIpc) is 3.24. The van der Waals surface area contributed by atoms with Crippen molar-refractivity contribution in [3.05, 3.63) is 0 Å². The normalized spacial score (nSPS) is 18.1. The molecule has 32 heavy (non-hydrogen) atoms. The van der Waals surface area contributed by atoms with Gasteiger partial charge in [-0.25, -0.2) is 4.79 Å². The highest BCUT2D eigenvalue weighted by Gasteiger charge is 2.32. The predicted molar refractivity (Wildman–Crippen MR) is 114 cm³/mol. The van der Waals surface area contributed by atoms with E-state index in [-0.39, 0.29) is 6.42 Å². The van der Waals surface area contributed by atoms with E-state index in [1.165, 1.54) is 11.8 Å². The second kappa shape index (κ2) is 13.5. The van der Waals surface area contributed by atoms with Crippen LogP contribution in [0.5, 0.6) is 0 Å². The van der Waals surface area contributed by atoms with E-state index in [4.69, 9.17) is 15.9 Å². The molecule has 0 spiro atoms. The van der Waals surface area contributed by atoms with Crippen LogP contribution < -0.4 is 27.0 Å². The maximum Gasteiger partial charge on any atom is 0.326 e. The number of thioether (sulfide) groups is 1. The molecule has 13 nitrogen and oxygen atoms in total. The number of amides is 4. The van der Waals surface area contributed by atoms with Gasteiger partial charge in [-0.15, -0.1) is 0 Å². The Morgan fingerprint density at radius 3 is 2.12 bits per heavy atom. The van der Waals surface area contributed by atoms with Crippen LogP contribution in [0.25, 0.3) is 0 Å². The van der Waals surface area contributed by atoms with Crippen LogP contribution in [0.15, 0.2) is 0 Å². The number of nitrogens with two attached hydrogens (primary N) is 1. The van der Waals surface area contributed by atoms with Gasteiger partial charge in [-0.1, -0.05) is 0 Å². The summed E-state index contributed by atoms with van der Waals surface area (Å²) in [6.07, 6.45) is 1.81. The van der Waals surface area contributed by atoms with Gasteiger partial charge in [0.25, 0.3) is 0 Å². The van der Waals surface area contributed by atoms with Crippen molar-refractivity contribution in [3.8, 4) is 0 Å². The van der Waals surface area contributed by atoms with Crippen molar-refractivity contribution >= 4 is 47.3 Å². The molecule has 8 N–H and O–H groups in total. The molecule has 0 aromatic heterocycles. The van der Waals surface area contributed by atoms with Crippen molar-refractivity contribution in [3.63, 3.8) is 0 Å². The van der Waals surface area contributed by atoms with Crippen LogP contribution in [0.4, 0.5) is 0 Å². The van der Waals surface area contributed by atoms with Crippen molar-refractivity contribution in [2.24, 2.45) is 5.73 Å². The summed E-state index contributed by atoms with van der Waals surface area (Å²) >= 11 is 1.36. The molecule has 0 aromatic carbocycles. The highest BCUT2D eigenvalue weighted by Crippen LogP contribution is 2.07. The number of carboxylic acid groups (broad SMARTS) is 2. The largest absolute Gasteiger partial charge is 0.481 e. The second-order valence-electron chi connectivity index (χ2n) is 7.22. The summed E-state index contributed by atoms with van der Waals surface area (Å²) in [5, 5.41) is 28.1. The minimum absolute atomic E-state index is 0.0968. The molecule has 0 saturated carbocycles. The number of hydrogen-bond donors (Lipinski definition) is 7. The fourth-order valence-corrected chi connectivity index (χ4v) is 3.49. The SMILES string of the molecule is CSCCC(NC(=O)C(CC(=O)O)NC(=O)C1CCCN1)C(=O)NC(CC(N)=O)C(=O)O. The third-order valence-corrected chi connectivity index (χ3v) is 5.30. The van der Waals surface area contributed by atoms with Crippen molar-refractivity contribution in [2.45, 2.75) is 56.3 Å². The lowest BCUT2D eigenvalue weighted by atomic mass is 10.1. The van der Waals surface area contributed by atoms with Crippen molar-refractivity contribution < 1.29 is 39.0 Å². The molecule has 1 fully saturated rings. The number of nitrogens with one attached hydrogen (secondary N) is 4.